The predicted octanol–water partition coefficient (Wildman–Crippen LogP) is 5.67. The van der Waals surface area contributed by atoms with Crippen LogP contribution < -0.4 is 5.32 Å². The monoisotopic (exact) mass is 439 g/mol. The number of amides is 1. The molecule has 0 aromatic heterocycles. The molecule has 1 amide bonds. The number of nitrogens with one attached hydrogen (secondary N) is 1. The third-order valence-electron chi connectivity index (χ3n) is 4.42. The summed E-state index contributed by atoms with van der Waals surface area (Å²) >= 11 is 7.58. The quantitative estimate of drug-likeness (QED) is 0.363. The van der Waals surface area contributed by atoms with Crippen molar-refractivity contribution >= 4 is 35.2 Å². The molecule has 1 N–H and O–H groups in total. The van der Waals surface area contributed by atoms with Gasteiger partial charge in [0.05, 0.1) is 11.6 Å². The van der Waals surface area contributed by atoms with Gasteiger partial charge in [0, 0.05) is 15.7 Å². The van der Waals surface area contributed by atoms with E-state index in [1.165, 1.54) is 0 Å². The predicted molar refractivity (Wildman–Crippen MR) is 121 cm³/mol. The first-order chi connectivity index (χ1) is 14.5. The van der Waals surface area contributed by atoms with Crippen LogP contribution in [-0.4, -0.2) is 18.5 Å². The minimum atomic E-state index is -0.519. The Morgan fingerprint density at radius 1 is 0.967 bits per heavy atom. The maximum absolute atomic E-state index is 12.2. The first kappa shape index (κ1) is 21.9. The van der Waals surface area contributed by atoms with Crippen molar-refractivity contribution in [1.82, 2.24) is 5.32 Å². The molecule has 0 heterocycles. The van der Waals surface area contributed by atoms with Gasteiger partial charge in [-0.2, -0.15) is 0 Å². The summed E-state index contributed by atoms with van der Waals surface area (Å²) in [6.45, 7) is 1.57. The number of hydrogen-bond donors (Lipinski definition) is 1. The lowest BCUT2D eigenvalue weighted by molar-refractivity contribution is -0.124. The van der Waals surface area contributed by atoms with Crippen molar-refractivity contribution in [2.45, 2.75) is 23.6 Å². The van der Waals surface area contributed by atoms with Gasteiger partial charge in [0.2, 0.25) is 0 Å². The first-order valence-corrected chi connectivity index (χ1v) is 10.9. The number of carbonyl (C=O) groups is 2. The van der Waals surface area contributed by atoms with Crippen LogP contribution >= 0.6 is 23.4 Å². The molecule has 0 bridgehead atoms. The molecule has 3 aromatic rings. The average Bonchev–Trinajstić information content (AvgIpc) is 2.78. The van der Waals surface area contributed by atoms with Crippen LogP contribution in [0.3, 0.4) is 0 Å². The molecule has 0 radical (unpaired) electrons. The second-order valence-corrected chi connectivity index (χ2v) is 8.20. The fourth-order valence-corrected chi connectivity index (χ4v) is 3.74. The summed E-state index contributed by atoms with van der Waals surface area (Å²) in [5.74, 6) is -0.0818. The van der Waals surface area contributed by atoms with Crippen molar-refractivity contribution in [2.75, 3.05) is 6.61 Å². The average molecular weight is 440 g/mol. The summed E-state index contributed by atoms with van der Waals surface area (Å²) in [5, 5.41) is 3.53. The van der Waals surface area contributed by atoms with Gasteiger partial charge in [-0.3, -0.25) is 4.79 Å². The van der Waals surface area contributed by atoms with Gasteiger partial charge in [0.25, 0.3) is 5.91 Å². The van der Waals surface area contributed by atoms with Gasteiger partial charge >= 0.3 is 5.97 Å². The molecule has 0 fully saturated rings. The van der Waals surface area contributed by atoms with E-state index in [2.05, 4.69) is 5.32 Å². The molecule has 0 unspecified atom stereocenters. The van der Waals surface area contributed by atoms with Gasteiger partial charge < -0.3 is 10.1 Å². The zero-order valence-corrected chi connectivity index (χ0v) is 18.1. The van der Waals surface area contributed by atoms with Crippen LogP contribution in [0.25, 0.3) is 0 Å². The number of esters is 1. The minimum Gasteiger partial charge on any atom is -0.452 e. The lowest BCUT2D eigenvalue weighted by Crippen LogP contribution is -2.31. The van der Waals surface area contributed by atoms with Crippen LogP contribution in [0.5, 0.6) is 0 Å². The third-order valence-corrected chi connectivity index (χ3v) is 5.76. The van der Waals surface area contributed by atoms with Crippen LogP contribution in [0.2, 0.25) is 5.02 Å². The molecule has 3 aromatic carbocycles. The van der Waals surface area contributed by atoms with E-state index in [4.69, 9.17) is 16.3 Å². The van der Waals surface area contributed by atoms with Gasteiger partial charge in [-0.15, -0.1) is 11.8 Å². The Morgan fingerprint density at radius 2 is 1.63 bits per heavy atom. The highest BCUT2D eigenvalue weighted by molar-refractivity contribution is 7.98. The largest absolute Gasteiger partial charge is 0.452 e. The Labute approximate surface area is 185 Å². The van der Waals surface area contributed by atoms with E-state index in [-0.39, 0.29) is 18.6 Å². The molecule has 0 saturated heterocycles. The summed E-state index contributed by atoms with van der Waals surface area (Å²) in [7, 11) is 0. The number of halogens is 1. The second-order valence-electron chi connectivity index (χ2n) is 6.72. The number of rotatable bonds is 8. The number of thioether (sulfide) groups is 1. The zero-order valence-electron chi connectivity index (χ0n) is 16.5. The van der Waals surface area contributed by atoms with Crippen molar-refractivity contribution in [3.63, 3.8) is 0 Å². The van der Waals surface area contributed by atoms with E-state index in [0.717, 1.165) is 21.8 Å². The van der Waals surface area contributed by atoms with E-state index in [1.54, 1.807) is 23.9 Å². The molecule has 154 valence electrons. The van der Waals surface area contributed by atoms with Crippen molar-refractivity contribution in [3.8, 4) is 0 Å². The van der Waals surface area contributed by atoms with Gasteiger partial charge in [-0.25, -0.2) is 4.79 Å². The fraction of sp³-hybridized carbons (Fsp3) is 0.167. The molecular formula is C24H22ClNO3S. The lowest BCUT2D eigenvalue weighted by Gasteiger charge is -2.14. The molecule has 0 spiro atoms. The van der Waals surface area contributed by atoms with E-state index in [9.17, 15) is 9.59 Å². The highest BCUT2D eigenvalue weighted by Gasteiger charge is 2.13. The Morgan fingerprint density at radius 3 is 2.30 bits per heavy atom. The van der Waals surface area contributed by atoms with Crippen LogP contribution in [0.15, 0.2) is 83.8 Å². The SMILES string of the molecule is C[C@@H](NC(=O)COC(=O)c1ccc(CSc2ccc(Cl)cc2)cc1)c1ccccc1. The van der Waals surface area contributed by atoms with Gasteiger partial charge in [-0.1, -0.05) is 54.1 Å². The number of carbonyl (C=O) groups excluding carboxylic acids is 2. The smallest absolute Gasteiger partial charge is 0.338 e. The van der Waals surface area contributed by atoms with Crippen LogP contribution in [0, 0.1) is 0 Å². The number of ether oxygens (including phenoxy) is 1. The van der Waals surface area contributed by atoms with E-state index in [1.807, 2.05) is 73.7 Å². The summed E-state index contributed by atoms with van der Waals surface area (Å²) in [4.78, 5) is 25.4. The van der Waals surface area contributed by atoms with E-state index >= 15 is 0 Å². The summed E-state index contributed by atoms with van der Waals surface area (Å²) < 4.78 is 5.14. The zero-order chi connectivity index (χ0) is 21.3. The van der Waals surface area contributed by atoms with Crippen LogP contribution in [0.1, 0.15) is 34.5 Å². The molecule has 0 saturated carbocycles. The molecule has 0 aliphatic heterocycles. The normalized spacial score (nSPS) is 11.5. The van der Waals surface area contributed by atoms with Crippen molar-refractivity contribution in [3.05, 3.63) is 101 Å². The summed E-state index contributed by atoms with van der Waals surface area (Å²) in [6, 6.07) is 24.3. The first-order valence-electron chi connectivity index (χ1n) is 9.50. The minimum absolute atomic E-state index is 0.158. The van der Waals surface area contributed by atoms with Gasteiger partial charge in [-0.05, 0) is 54.4 Å². The Balaban J connectivity index is 1.44. The topological polar surface area (TPSA) is 55.4 Å². The molecule has 30 heavy (non-hydrogen) atoms. The lowest BCUT2D eigenvalue weighted by atomic mass is 10.1. The van der Waals surface area contributed by atoms with Crippen LogP contribution in [0.4, 0.5) is 0 Å². The Bertz CT molecular complexity index is 976. The highest BCUT2D eigenvalue weighted by Crippen LogP contribution is 2.24. The molecule has 0 aliphatic carbocycles. The fourth-order valence-electron chi connectivity index (χ4n) is 2.76. The molecule has 0 aliphatic rings. The van der Waals surface area contributed by atoms with E-state index < -0.39 is 5.97 Å². The second kappa shape index (κ2) is 10.9. The summed E-state index contributed by atoms with van der Waals surface area (Å²) in [5.41, 5.74) is 2.49. The van der Waals surface area contributed by atoms with E-state index in [0.29, 0.717) is 10.6 Å². The number of hydrogen-bond acceptors (Lipinski definition) is 4. The third kappa shape index (κ3) is 6.65. The molecule has 6 heteroatoms. The molecule has 1 atom stereocenters. The maximum Gasteiger partial charge on any atom is 0.338 e. The molecule has 3 rings (SSSR count). The van der Waals surface area contributed by atoms with Crippen molar-refractivity contribution in [2.24, 2.45) is 0 Å². The Kier molecular flexibility index (Phi) is 7.94. The Hall–Kier alpha value is -2.76. The summed E-state index contributed by atoms with van der Waals surface area (Å²) in [6.07, 6.45) is 0. The van der Waals surface area contributed by atoms with Crippen molar-refractivity contribution in [1.29, 1.82) is 0 Å². The standard InChI is InChI=1S/C24H22ClNO3S/c1-17(19-5-3-2-4-6-19)26-23(27)15-29-24(28)20-9-7-18(8-10-20)16-30-22-13-11-21(25)12-14-22/h2-14,17H,15-16H2,1H3,(H,26,27)/t17-/m1/s1. The molecule has 4 nitrogen and oxygen atoms in total. The maximum atomic E-state index is 12.2. The van der Waals surface area contributed by atoms with Gasteiger partial charge in [0.15, 0.2) is 6.61 Å². The molecular weight excluding hydrogens is 418 g/mol. The van der Waals surface area contributed by atoms with Crippen LogP contribution in [-0.2, 0) is 15.3 Å². The highest BCUT2D eigenvalue weighted by atomic mass is 35.5. The van der Waals surface area contributed by atoms with Gasteiger partial charge in [0.1, 0.15) is 0 Å². The van der Waals surface area contributed by atoms with Crippen molar-refractivity contribution < 1.29 is 14.3 Å². The number of benzene rings is 3.